The van der Waals surface area contributed by atoms with Crippen molar-refractivity contribution in [2.24, 2.45) is 5.41 Å². The number of aliphatic hydroxyl groups is 1. The molecule has 1 aliphatic heterocycles. The molecule has 1 heterocycles. The molecule has 6 heteroatoms. The van der Waals surface area contributed by atoms with Gasteiger partial charge in [0.2, 0.25) is 5.91 Å². The van der Waals surface area contributed by atoms with Gasteiger partial charge < -0.3 is 25.2 Å². The van der Waals surface area contributed by atoms with Crippen molar-refractivity contribution in [1.29, 1.82) is 0 Å². The molecule has 0 saturated carbocycles. The first kappa shape index (κ1) is 15.4. The molecule has 0 radical (unpaired) electrons. The van der Waals surface area contributed by atoms with Crippen LogP contribution in [0, 0.1) is 5.41 Å². The summed E-state index contributed by atoms with van der Waals surface area (Å²) in [5, 5.41) is 15.3. The highest BCUT2D eigenvalue weighted by Crippen LogP contribution is 2.29. The van der Waals surface area contributed by atoms with Crippen molar-refractivity contribution in [3.05, 3.63) is 0 Å². The number of rotatable bonds is 7. The van der Waals surface area contributed by atoms with Crippen LogP contribution in [0.15, 0.2) is 0 Å². The first-order chi connectivity index (χ1) is 8.68. The molecule has 106 valence electrons. The molecule has 1 amide bonds. The van der Waals surface area contributed by atoms with Gasteiger partial charge in [-0.15, -0.1) is 0 Å². The second kappa shape index (κ2) is 7.68. The molecule has 1 saturated heterocycles. The van der Waals surface area contributed by atoms with Crippen LogP contribution in [0.25, 0.3) is 0 Å². The summed E-state index contributed by atoms with van der Waals surface area (Å²) in [6, 6.07) is -0.355. The van der Waals surface area contributed by atoms with Gasteiger partial charge in [0, 0.05) is 14.2 Å². The lowest BCUT2D eigenvalue weighted by atomic mass is 9.78. The molecule has 3 N–H and O–H groups in total. The number of hydrogen-bond donors (Lipinski definition) is 3. The van der Waals surface area contributed by atoms with E-state index in [1.54, 1.807) is 14.2 Å². The first-order valence-corrected chi connectivity index (χ1v) is 6.29. The number of carbonyl (C=O) groups excluding carboxylic acids is 1. The number of carbonyl (C=O) groups is 1. The predicted octanol–water partition coefficient (Wildman–Crippen LogP) is -0.874. The van der Waals surface area contributed by atoms with Crippen LogP contribution in [-0.2, 0) is 14.3 Å². The third-order valence-electron chi connectivity index (χ3n) is 3.39. The largest absolute Gasteiger partial charge is 0.394 e. The van der Waals surface area contributed by atoms with E-state index in [1.807, 2.05) is 0 Å². The Labute approximate surface area is 108 Å². The van der Waals surface area contributed by atoms with Crippen LogP contribution in [-0.4, -0.2) is 64.2 Å². The number of piperidine rings is 1. The van der Waals surface area contributed by atoms with E-state index in [0.29, 0.717) is 13.2 Å². The van der Waals surface area contributed by atoms with Gasteiger partial charge in [-0.2, -0.15) is 0 Å². The minimum atomic E-state index is -0.485. The third-order valence-corrected chi connectivity index (χ3v) is 3.39. The highest BCUT2D eigenvalue weighted by atomic mass is 16.5. The lowest BCUT2D eigenvalue weighted by Crippen LogP contribution is -2.54. The second-order valence-corrected chi connectivity index (χ2v) is 4.77. The van der Waals surface area contributed by atoms with E-state index in [0.717, 1.165) is 25.9 Å². The fourth-order valence-corrected chi connectivity index (χ4v) is 2.30. The van der Waals surface area contributed by atoms with Crippen molar-refractivity contribution in [2.45, 2.75) is 18.9 Å². The van der Waals surface area contributed by atoms with Crippen molar-refractivity contribution in [1.82, 2.24) is 10.6 Å². The summed E-state index contributed by atoms with van der Waals surface area (Å²) >= 11 is 0. The molecule has 6 nitrogen and oxygen atoms in total. The van der Waals surface area contributed by atoms with Gasteiger partial charge in [-0.25, -0.2) is 0 Å². The number of nitrogens with one attached hydrogen (secondary N) is 2. The fraction of sp³-hybridized carbons (Fsp3) is 0.917. The molecule has 1 atom stereocenters. The Morgan fingerprint density at radius 1 is 1.39 bits per heavy atom. The zero-order valence-corrected chi connectivity index (χ0v) is 11.2. The van der Waals surface area contributed by atoms with E-state index in [2.05, 4.69) is 10.6 Å². The molecule has 1 rings (SSSR count). The summed E-state index contributed by atoms with van der Waals surface area (Å²) in [4.78, 5) is 12.4. The Morgan fingerprint density at radius 2 is 2.06 bits per heavy atom. The van der Waals surface area contributed by atoms with Gasteiger partial charge in [-0.1, -0.05) is 0 Å². The SMILES string of the molecule is COCC(CO)NC(=O)C1(COC)CCNCC1. The molecule has 0 aromatic rings. The van der Waals surface area contributed by atoms with E-state index in [-0.39, 0.29) is 18.6 Å². The van der Waals surface area contributed by atoms with E-state index in [9.17, 15) is 9.90 Å². The van der Waals surface area contributed by atoms with Gasteiger partial charge in [0.25, 0.3) is 0 Å². The minimum Gasteiger partial charge on any atom is -0.394 e. The molecule has 0 aliphatic carbocycles. The molecular formula is C12H24N2O4. The van der Waals surface area contributed by atoms with Crippen molar-refractivity contribution in [3.63, 3.8) is 0 Å². The van der Waals surface area contributed by atoms with Crippen molar-refractivity contribution >= 4 is 5.91 Å². The summed E-state index contributed by atoms with van der Waals surface area (Å²) in [7, 11) is 3.15. The van der Waals surface area contributed by atoms with Gasteiger partial charge in [-0.3, -0.25) is 4.79 Å². The second-order valence-electron chi connectivity index (χ2n) is 4.77. The van der Waals surface area contributed by atoms with Gasteiger partial charge in [-0.05, 0) is 25.9 Å². The summed E-state index contributed by atoms with van der Waals surface area (Å²) < 4.78 is 10.2. The van der Waals surface area contributed by atoms with E-state index in [1.165, 1.54) is 0 Å². The average Bonchev–Trinajstić information content (AvgIpc) is 2.39. The zero-order valence-electron chi connectivity index (χ0n) is 11.2. The Bertz CT molecular complexity index is 249. The number of hydrogen-bond acceptors (Lipinski definition) is 5. The lowest BCUT2D eigenvalue weighted by molar-refractivity contribution is -0.137. The van der Waals surface area contributed by atoms with Gasteiger partial charge in [0.15, 0.2) is 0 Å². The Kier molecular flexibility index (Phi) is 6.56. The number of aliphatic hydroxyl groups excluding tert-OH is 1. The Hall–Kier alpha value is -0.690. The topological polar surface area (TPSA) is 79.8 Å². The predicted molar refractivity (Wildman–Crippen MR) is 67.3 cm³/mol. The lowest BCUT2D eigenvalue weighted by Gasteiger charge is -2.36. The van der Waals surface area contributed by atoms with Crippen LogP contribution >= 0.6 is 0 Å². The van der Waals surface area contributed by atoms with Gasteiger partial charge in [0.1, 0.15) is 0 Å². The highest BCUT2D eigenvalue weighted by molar-refractivity contribution is 5.83. The van der Waals surface area contributed by atoms with Crippen LogP contribution in [0.3, 0.4) is 0 Å². The maximum atomic E-state index is 12.4. The first-order valence-electron chi connectivity index (χ1n) is 6.29. The number of methoxy groups -OCH3 is 2. The molecule has 1 aliphatic rings. The maximum absolute atomic E-state index is 12.4. The number of ether oxygens (including phenoxy) is 2. The molecule has 18 heavy (non-hydrogen) atoms. The summed E-state index contributed by atoms with van der Waals surface area (Å²) in [5.74, 6) is -0.0537. The Balaban J connectivity index is 2.63. The van der Waals surface area contributed by atoms with Crippen LogP contribution in [0.5, 0.6) is 0 Å². The molecule has 0 spiro atoms. The van der Waals surface area contributed by atoms with Crippen molar-refractivity contribution in [3.8, 4) is 0 Å². The monoisotopic (exact) mass is 260 g/mol. The van der Waals surface area contributed by atoms with Gasteiger partial charge >= 0.3 is 0 Å². The summed E-state index contributed by atoms with van der Waals surface area (Å²) in [6.45, 7) is 2.21. The smallest absolute Gasteiger partial charge is 0.229 e. The molecule has 1 fully saturated rings. The number of amides is 1. The Morgan fingerprint density at radius 3 is 2.56 bits per heavy atom. The zero-order chi connectivity index (χ0) is 13.4. The van der Waals surface area contributed by atoms with E-state index >= 15 is 0 Å². The van der Waals surface area contributed by atoms with Crippen LogP contribution in [0.1, 0.15) is 12.8 Å². The van der Waals surface area contributed by atoms with Crippen molar-refractivity contribution < 1.29 is 19.4 Å². The maximum Gasteiger partial charge on any atom is 0.229 e. The van der Waals surface area contributed by atoms with Crippen LogP contribution in [0.2, 0.25) is 0 Å². The standard InChI is InChI=1S/C12H24N2O4/c1-17-8-10(7-15)14-11(16)12(9-18-2)3-5-13-6-4-12/h10,13,15H,3-9H2,1-2H3,(H,14,16). The van der Waals surface area contributed by atoms with Crippen LogP contribution in [0.4, 0.5) is 0 Å². The molecule has 0 bridgehead atoms. The molecule has 1 unspecified atom stereocenters. The average molecular weight is 260 g/mol. The van der Waals surface area contributed by atoms with E-state index < -0.39 is 5.41 Å². The minimum absolute atomic E-state index is 0.0537. The summed E-state index contributed by atoms with van der Waals surface area (Å²) in [6.07, 6.45) is 1.50. The van der Waals surface area contributed by atoms with Crippen LogP contribution < -0.4 is 10.6 Å². The fourth-order valence-electron chi connectivity index (χ4n) is 2.30. The van der Waals surface area contributed by atoms with Gasteiger partial charge in [0.05, 0.1) is 31.3 Å². The quantitative estimate of drug-likeness (QED) is 0.554. The normalized spacial score (nSPS) is 20.4. The molecular weight excluding hydrogens is 236 g/mol. The third kappa shape index (κ3) is 3.91. The molecule has 0 aromatic heterocycles. The molecule has 0 aromatic carbocycles. The highest BCUT2D eigenvalue weighted by Gasteiger charge is 2.40. The summed E-state index contributed by atoms with van der Waals surface area (Å²) in [5.41, 5.74) is -0.485. The van der Waals surface area contributed by atoms with Crippen molar-refractivity contribution in [2.75, 3.05) is 47.1 Å². The van der Waals surface area contributed by atoms with E-state index in [4.69, 9.17) is 9.47 Å².